The van der Waals surface area contributed by atoms with E-state index in [0.717, 1.165) is 25.7 Å². The molecule has 0 radical (unpaired) electrons. The topological polar surface area (TPSA) is 83.6 Å². The maximum atomic E-state index is 13.2. The maximum absolute atomic E-state index is 13.2. The lowest BCUT2D eigenvalue weighted by Gasteiger charge is -2.04. The van der Waals surface area contributed by atoms with Gasteiger partial charge in [-0.05, 0) is 6.42 Å². The van der Waals surface area contributed by atoms with Gasteiger partial charge in [-0.1, -0.05) is 26.2 Å². The van der Waals surface area contributed by atoms with Gasteiger partial charge in [0.1, 0.15) is 5.52 Å². The molecular formula is C12H16FN5O. The molecule has 0 fully saturated rings. The number of rotatable bonds is 6. The van der Waals surface area contributed by atoms with Crippen molar-refractivity contribution in [3.63, 3.8) is 0 Å². The lowest BCUT2D eigenvalue weighted by molar-refractivity contribution is -0.116. The molecule has 0 spiro atoms. The van der Waals surface area contributed by atoms with Crippen LogP contribution in [0.4, 0.5) is 10.2 Å². The summed E-state index contributed by atoms with van der Waals surface area (Å²) in [5.41, 5.74) is 0.636. The molecule has 0 unspecified atom stereocenters. The number of H-pyrrole nitrogens is 1. The van der Waals surface area contributed by atoms with Gasteiger partial charge in [-0.2, -0.15) is 14.4 Å². The normalized spacial score (nSPS) is 10.8. The molecule has 0 aliphatic heterocycles. The number of carbonyl (C=O) groups is 1. The molecular weight excluding hydrogens is 249 g/mol. The Bertz CT molecular complexity index is 568. The number of imidazole rings is 1. The fraction of sp³-hybridized carbons (Fsp3) is 0.500. The largest absolute Gasteiger partial charge is 0.340 e. The predicted octanol–water partition coefficient (Wildman–Crippen LogP) is 2.40. The summed E-state index contributed by atoms with van der Waals surface area (Å²) in [6.45, 7) is 2.11. The van der Waals surface area contributed by atoms with Gasteiger partial charge in [0.05, 0.1) is 6.33 Å². The second kappa shape index (κ2) is 6.21. The summed E-state index contributed by atoms with van der Waals surface area (Å²) in [6, 6.07) is 0. The van der Waals surface area contributed by atoms with Crippen molar-refractivity contribution in [2.24, 2.45) is 0 Å². The predicted molar refractivity (Wildman–Crippen MR) is 69.0 cm³/mol. The maximum Gasteiger partial charge on any atom is 0.312 e. The smallest absolute Gasteiger partial charge is 0.312 e. The monoisotopic (exact) mass is 265 g/mol. The minimum Gasteiger partial charge on any atom is -0.340 e. The van der Waals surface area contributed by atoms with E-state index < -0.39 is 6.08 Å². The zero-order chi connectivity index (χ0) is 13.7. The van der Waals surface area contributed by atoms with Crippen LogP contribution in [0.25, 0.3) is 11.2 Å². The Kier molecular flexibility index (Phi) is 4.38. The molecule has 2 rings (SSSR count). The lowest BCUT2D eigenvalue weighted by Crippen LogP contribution is -2.13. The van der Waals surface area contributed by atoms with E-state index in [1.807, 2.05) is 0 Å². The summed E-state index contributed by atoms with van der Waals surface area (Å²) in [6.07, 6.45) is 4.95. The number of amides is 1. The fourth-order valence-corrected chi connectivity index (χ4v) is 1.80. The Morgan fingerprint density at radius 2 is 2.21 bits per heavy atom. The van der Waals surface area contributed by atoms with Crippen molar-refractivity contribution in [2.45, 2.75) is 39.0 Å². The third kappa shape index (κ3) is 3.46. The highest BCUT2D eigenvalue weighted by atomic mass is 19.1. The van der Waals surface area contributed by atoms with E-state index in [9.17, 15) is 9.18 Å². The van der Waals surface area contributed by atoms with E-state index in [2.05, 4.69) is 32.2 Å². The van der Waals surface area contributed by atoms with Gasteiger partial charge in [-0.25, -0.2) is 4.98 Å². The molecule has 1 amide bonds. The van der Waals surface area contributed by atoms with Crippen LogP contribution in [-0.2, 0) is 4.79 Å². The molecule has 102 valence electrons. The molecule has 0 aliphatic rings. The van der Waals surface area contributed by atoms with Crippen LogP contribution < -0.4 is 5.32 Å². The van der Waals surface area contributed by atoms with Crippen molar-refractivity contribution in [2.75, 3.05) is 5.32 Å². The molecule has 0 saturated carbocycles. The van der Waals surface area contributed by atoms with Crippen molar-refractivity contribution in [3.05, 3.63) is 12.4 Å². The van der Waals surface area contributed by atoms with E-state index in [1.54, 1.807) is 0 Å². The van der Waals surface area contributed by atoms with Crippen molar-refractivity contribution >= 4 is 22.9 Å². The van der Waals surface area contributed by atoms with Crippen LogP contribution in [0.2, 0.25) is 0 Å². The Morgan fingerprint density at radius 3 is 3.00 bits per heavy atom. The first kappa shape index (κ1) is 13.4. The molecule has 2 aromatic heterocycles. The summed E-state index contributed by atoms with van der Waals surface area (Å²) >= 11 is 0. The number of nitrogens with one attached hydrogen (secondary N) is 2. The quantitative estimate of drug-likeness (QED) is 0.620. The van der Waals surface area contributed by atoms with Crippen LogP contribution in [-0.4, -0.2) is 25.8 Å². The summed E-state index contributed by atoms with van der Waals surface area (Å²) in [5.74, 6) is -0.0365. The highest BCUT2D eigenvalue weighted by Crippen LogP contribution is 2.16. The summed E-state index contributed by atoms with van der Waals surface area (Å²) < 4.78 is 13.2. The van der Waals surface area contributed by atoms with Crippen LogP contribution >= 0.6 is 0 Å². The number of unbranched alkanes of at least 4 members (excludes halogenated alkanes) is 3. The molecule has 0 aliphatic carbocycles. The highest BCUT2D eigenvalue weighted by molar-refractivity contribution is 5.96. The molecule has 0 saturated heterocycles. The number of aromatic amines is 1. The number of fused-ring (bicyclic) bond motifs is 1. The van der Waals surface area contributed by atoms with Crippen molar-refractivity contribution in [1.82, 2.24) is 19.9 Å². The van der Waals surface area contributed by atoms with Crippen LogP contribution in [0.5, 0.6) is 0 Å². The van der Waals surface area contributed by atoms with Gasteiger partial charge in [0.25, 0.3) is 0 Å². The molecule has 0 aromatic carbocycles. The van der Waals surface area contributed by atoms with Gasteiger partial charge in [-0.15, -0.1) is 0 Å². The van der Waals surface area contributed by atoms with Crippen LogP contribution in [0.3, 0.4) is 0 Å². The van der Waals surface area contributed by atoms with E-state index in [-0.39, 0.29) is 17.4 Å². The summed E-state index contributed by atoms with van der Waals surface area (Å²) in [5, 5.41) is 2.59. The van der Waals surface area contributed by atoms with Gasteiger partial charge in [0, 0.05) is 6.42 Å². The van der Waals surface area contributed by atoms with Gasteiger partial charge in [0.15, 0.2) is 11.5 Å². The molecule has 6 nitrogen and oxygen atoms in total. The summed E-state index contributed by atoms with van der Waals surface area (Å²) in [4.78, 5) is 25.4. The average molecular weight is 265 g/mol. The minimum atomic E-state index is -0.902. The number of carbonyl (C=O) groups excluding carboxylic acids is 1. The SMILES string of the molecule is CCCCCCC(=O)Nc1nc(F)nc2nc[nH]c12. The first-order valence-electron chi connectivity index (χ1n) is 6.37. The van der Waals surface area contributed by atoms with Gasteiger partial charge >= 0.3 is 6.08 Å². The number of anilines is 1. The van der Waals surface area contributed by atoms with Gasteiger partial charge < -0.3 is 10.3 Å². The number of hydrogen-bond donors (Lipinski definition) is 2. The second-order valence-corrected chi connectivity index (χ2v) is 4.30. The second-order valence-electron chi connectivity index (χ2n) is 4.30. The van der Waals surface area contributed by atoms with Crippen molar-refractivity contribution in [1.29, 1.82) is 0 Å². The molecule has 2 N–H and O–H groups in total. The zero-order valence-corrected chi connectivity index (χ0v) is 10.7. The summed E-state index contributed by atoms with van der Waals surface area (Å²) in [7, 11) is 0. The van der Waals surface area contributed by atoms with Gasteiger partial charge in [0.2, 0.25) is 5.91 Å². The lowest BCUT2D eigenvalue weighted by atomic mass is 10.1. The Morgan fingerprint density at radius 1 is 1.37 bits per heavy atom. The Balaban J connectivity index is 2.00. The minimum absolute atomic E-state index is 0.139. The number of halogens is 1. The molecule has 0 atom stereocenters. The van der Waals surface area contributed by atoms with Crippen molar-refractivity contribution in [3.8, 4) is 0 Å². The van der Waals surface area contributed by atoms with Crippen LogP contribution in [0, 0.1) is 6.08 Å². The standard InChI is InChI=1S/C12H16FN5O/c1-2-3-4-5-6-8(19)16-11-9-10(15-7-14-9)17-12(13)18-11/h7H,2-6H2,1H3,(H2,14,15,16,17,18,19). The molecule has 0 bridgehead atoms. The third-order valence-electron chi connectivity index (χ3n) is 2.77. The number of hydrogen-bond acceptors (Lipinski definition) is 4. The van der Waals surface area contributed by atoms with E-state index >= 15 is 0 Å². The average Bonchev–Trinajstić information content (AvgIpc) is 2.82. The van der Waals surface area contributed by atoms with Crippen LogP contribution in [0.1, 0.15) is 39.0 Å². The highest BCUT2D eigenvalue weighted by Gasteiger charge is 2.12. The fourth-order valence-electron chi connectivity index (χ4n) is 1.80. The van der Waals surface area contributed by atoms with E-state index in [0.29, 0.717) is 11.9 Å². The zero-order valence-electron chi connectivity index (χ0n) is 10.7. The first-order chi connectivity index (χ1) is 9.20. The van der Waals surface area contributed by atoms with Gasteiger partial charge in [-0.3, -0.25) is 4.79 Å². The molecule has 2 heterocycles. The van der Waals surface area contributed by atoms with E-state index in [1.165, 1.54) is 6.33 Å². The Labute approximate surface area is 109 Å². The Hall–Kier alpha value is -2.05. The number of aromatic nitrogens is 4. The van der Waals surface area contributed by atoms with Crippen molar-refractivity contribution < 1.29 is 9.18 Å². The number of nitrogens with zero attached hydrogens (tertiary/aromatic N) is 3. The van der Waals surface area contributed by atoms with Crippen LogP contribution in [0.15, 0.2) is 6.33 Å². The third-order valence-corrected chi connectivity index (χ3v) is 2.77. The molecule has 7 heteroatoms. The molecule has 2 aromatic rings. The first-order valence-corrected chi connectivity index (χ1v) is 6.37. The van der Waals surface area contributed by atoms with E-state index in [4.69, 9.17) is 0 Å². The molecule has 19 heavy (non-hydrogen) atoms.